The zero-order chi connectivity index (χ0) is 23.6. The molecule has 3 aliphatic rings. The molecular weight excluding hydrogens is 470 g/mol. The van der Waals surface area contributed by atoms with Gasteiger partial charge in [0, 0.05) is 18.1 Å². The van der Waals surface area contributed by atoms with E-state index in [9.17, 15) is 18.0 Å². The van der Waals surface area contributed by atoms with Crippen molar-refractivity contribution in [2.75, 3.05) is 16.4 Å². The molecule has 0 unspecified atom stereocenters. The van der Waals surface area contributed by atoms with Crippen molar-refractivity contribution >= 4 is 46.4 Å². The third kappa shape index (κ3) is 4.50. The van der Waals surface area contributed by atoms with E-state index in [1.165, 1.54) is 0 Å². The van der Waals surface area contributed by atoms with Gasteiger partial charge in [0.1, 0.15) is 5.75 Å². The number of Topliss-reactive ketones (excluding diaryl/α,β-unsaturated/α-hetero) is 1. The van der Waals surface area contributed by atoms with E-state index in [0.29, 0.717) is 12.0 Å². The van der Waals surface area contributed by atoms with Crippen LogP contribution in [-0.4, -0.2) is 37.7 Å². The number of ketones is 1. The summed E-state index contributed by atoms with van der Waals surface area (Å²) in [6.07, 6.45) is 3.07. The summed E-state index contributed by atoms with van der Waals surface area (Å²) >= 11 is 0. The van der Waals surface area contributed by atoms with Gasteiger partial charge in [-0.2, -0.15) is 13.5 Å². The fourth-order valence-corrected chi connectivity index (χ4v) is 7.20. The molecule has 34 heavy (non-hydrogen) atoms. The standard InChI is InChI=1S/C26H29NO5S.H2S/c1-25(2)21-13-17(23(28)15-26(3)11-12-33(30,31)16-26)7-10-22(21)27(24(25)29)18-5-4-6-20(14-18)32-19-8-9-19;/h4-7,10,13-14,19H,8-9,11-12,15-16H2,1-3H3;1H2/t26-;/m1./s1. The quantitative estimate of drug-likeness (QED) is 0.536. The van der Waals surface area contributed by atoms with Gasteiger partial charge in [0.2, 0.25) is 5.91 Å². The van der Waals surface area contributed by atoms with Crippen molar-refractivity contribution in [2.24, 2.45) is 5.41 Å². The zero-order valence-electron chi connectivity index (χ0n) is 19.8. The van der Waals surface area contributed by atoms with Gasteiger partial charge in [0.15, 0.2) is 15.6 Å². The smallest absolute Gasteiger partial charge is 0.241 e. The van der Waals surface area contributed by atoms with Crippen LogP contribution in [0.15, 0.2) is 42.5 Å². The molecule has 1 amide bonds. The maximum atomic E-state index is 13.4. The monoisotopic (exact) mass is 501 g/mol. The first-order valence-corrected chi connectivity index (χ1v) is 13.3. The van der Waals surface area contributed by atoms with Gasteiger partial charge in [-0.25, -0.2) is 8.42 Å². The molecule has 2 aromatic carbocycles. The van der Waals surface area contributed by atoms with Crippen LogP contribution in [-0.2, 0) is 20.0 Å². The highest BCUT2D eigenvalue weighted by Gasteiger charge is 2.45. The van der Waals surface area contributed by atoms with Gasteiger partial charge in [-0.05, 0) is 74.4 Å². The van der Waals surface area contributed by atoms with Gasteiger partial charge in [0.05, 0.1) is 34.4 Å². The number of amides is 1. The summed E-state index contributed by atoms with van der Waals surface area (Å²) < 4.78 is 29.8. The summed E-state index contributed by atoms with van der Waals surface area (Å²) in [5.74, 6) is 0.799. The van der Waals surface area contributed by atoms with E-state index >= 15 is 0 Å². The number of rotatable bonds is 6. The summed E-state index contributed by atoms with van der Waals surface area (Å²) in [6.45, 7) is 5.62. The Hall–Kier alpha value is -2.32. The molecular formula is C26H31NO5S2. The number of nitrogens with zero attached hydrogens (tertiary/aromatic N) is 1. The second-order valence-corrected chi connectivity index (χ2v) is 12.7. The average molecular weight is 502 g/mol. The van der Waals surface area contributed by atoms with Crippen LogP contribution in [0.3, 0.4) is 0 Å². The van der Waals surface area contributed by atoms with Crippen molar-refractivity contribution in [1.29, 1.82) is 0 Å². The van der Waals surface area contributed by atoms with Crippen LogP contribution in [0.1, 0.15) is 62.4 Å². The number of fused-ring (bicyclic) bond motifs is 1. The molecule has 0 radical (unpaired) electrons. The lowest BCUT2D eigenvalue weighted by molar-refractivity contribution is -0.121. The lowest BCUT2D eigenvalue weighted by Gasteiger charge is -2.21. The van der Waals surface area contributed by atoms with Crippen molar-refractivity contribution in [3.8, 4) is 5.75 Å². The number of hydrogen-bond donors (Lipinski definition) is 0. The van der Waals surface area contributed by atoms with Crippen LogP contribution in [0.4, 0.5) is 11.4 Å². The van der Waals surface area contributed by atoms with Gasteiger partial charge in [-0.1, -0.05) is 13.0 Å². The molecule has 5 rings (SSSR count). The Balaban J connectivity index is 0.00000274. The Morgan fingerprint density at radius 1 is 1.12 bits per heavy atom. The van der Waals surface area contributed by atoms with E-state index in [4.69, 9.17) is 4.74 Å². The number of benzene rings is 2. The van der Waals surface area contributed by atoms with Crippen molar-refractivity contribution in [3.63, 3.8) is 0 Å². The normalized spacial score (nSPS) is 24.4. The van der Waals surface area contributed by atoms with E-state index in [1.54, 1.807) is 11.0 Å². The average Bonchev–Trinajstić information content (AvgIpc) is 3.47. The Kier molecular flexibility index (Phi) is 6.13. The summed E-state index contributed by atoms with van der Waals surface area (Å²) in [5.41, 5.74) is 1.50. The molecule has 1 saturated carbocycles. The maximum Gasteiger partial charge on any atom is 0.241 e. The van der Waals surface area contributed by atoms with E-state index < -0.39 is 20.7 Å². The molecule has 1 atom stereocenters. The molecule has 0 N–H and O–H groups in total. The number of carbonyl (C=O) groups excluding carboxylic acids is 2. The van der Waals surface area contributed by atoms with E-state index in [0.717, 1.165) is 35.5 Å². The molecule has 2 heterocycles. The molecule has 0 aromatic heterocycles. The van der Waals surface area contributed by atoms with Gasteiger partial charge in [-0.3, -0.25) is 14.5 Å². The zero-order valence-corrected chi connectivity index (χ0v) is 21.6. The van der Waals surface area contributed by atoms with Crippen LogP contribution >= 0.6 is 13.5 Å². The number of anilines is 2. The summed E-state index contributed by atoms with van der Waals surface area (Å²) in [6, 6.07) is 13.0. The molecule has 1 saturated heterocycles. The third-order valence-electron chi connectivity index (χ3n) is 7.05. The third-order valence-corrected chi connectivity index (χ3v) is 9.01. The molecule has 6 nitrogen and oxygen atoms in total. The number of carbonyl (C=O) groups is 2. The van der Waals surface area contributed by atoms with E-state index in [-0.39, 0.29) is 49.2 Å². The second-order valence-electron chi connectivity index (χ2n) is 10.6. The van der Waals surface area contributed by atoms with E-state index in [2.05, 4.69) is 0 Å². The van der Waals surface area contributed by atoms with Gasteiger partial charge in [-0.15, -0.1) is 0 Å². The lowest BCUT2D eigenvalue weighted by Crippen LogP contribution is -2.33. The van der Waals surface area contributed by atoms with Crippen molar-refractivity contribution in [1.82, 2.24) is 0 Å². The SMILES string of the molecule is CC1(C)C(=O)N(c2cccc(OC3CC3)c2)c2ccc(C(=O)C[C@@]3(C)CCS(=O)(=O)C3)cc21.S. The molecule has 0 bridgehead atoms. The van der Waals surface area contributed by atoms with Gasteiger partial charge < -0.3 is 4.74 Å². The Morgan fingerprint density at radius 3 is 2.50 bits per heavy atom. The van der Waals surface area contributed by atoms with E-state index in [1.807, 2.05) is 57.2 Å². The first-order chi connectivity index (χ1) is 15.5. The van der Waals surface area contributed by atoms with Crippen LogP contribution in [0.5, 0.6) is 5.75 Å². The molecule has 8 heteroatoms. The first kappa shape index (κ1) is 24.8. The fraction of sp³-hybridized carbons (Fsp3) is 0.462. The van der Waals surface area contributed by atoms with Crippen LogP contribution < -0.4 is 9.64 Å². The van der Waals surface area contributed by atoms with Crippen LogP contribution in [0.2, 0.25) is 0 Å². The minimum Gasteiger partial charge on any atom is -0.490 e. The van der Waals surface area contributed by atoms with Crippen LogP contribution in [0, 0.1) is 5.41 Å². The number of ether oxygens (including phenoxy) is 1. The minimum atomic E-state index is -3.08. The molecule has 182 valence electrons. The fourth-order valence-electron chi connectivity index (χ4n) is 4.95. The summed E-state index contributed by atoms with van der Waals surface area (Å²) in [4.78, 5) is 28.3. The summed E-state index contributed by atoms with van der Waals surface area (Å²) in [7, 11) is -3.08. The second kappa shape index (κ2) is 8.41. The molecule has 2 aliphatic heterocycles. The highest BCUT2D eigenvalue weighted by atomic mass is 32.2. The highest BCUT2D eigenvalue weighted by Crippen LogP contribution is 2.47. The Morgan fingerprint density at radius 2 is 1.85 bits per heavy atom. The molecule has 2 fully saturated rings. The minimum absolute atomic E-state index is 0. The maximum absolute atomic E-state index is 13.4. The van der Waals surface area contributed by atoms with Crippen molar-refractivity contribution < 1.29 is 22.7 Å². The summed E-state index contributed by atoms with van der Waals surface area (Å²) in [5, 5.41) is 0. The lowest BCUT2D eigenvalue weighted by atomic mass is 9.81. The number of sulfone groups is 1. The predicted octanol–water partition coefficient (Wildman–Crippen LogP) is 4.69. The van der Waals surface area contributed by atoms with Crippen molar-refractivity contribution in [2.45, 2.75) is 58.0 Å². The topological polar surface area (TPSA) is 80.8 Å². The first-order valence-electron chi connectivity index (χ1n) is 11.5. The van der Waals surface area contributed by atoms with Gasteiger partial charge >= 0.3 is 0 Å². The number of hydrogen-bond acceptors (Lipinski definition) is 5. The molecule has 2 aromatic rings. The Labute approximate surface area is 208 Å². The van der Waals surface area contributed by atoms with Crippen molar-refractivity contribution in [3.05, 3.63) is 53.6 Å². The Bertz CT molecular complexity index is 1270. The largest absolute Gasteiger partial charge is 0.490 e. The van der Waals surface area contributed by atoms with Gasteiger partial charge in [0.25, 0.3) is 0 Å². The predicted molar refractivity (Wildman–Crippen MR) is 137 cm³/mol. The molecule has 1 aliphatic carbocycles. The highest BCUT2D eigenvalue weighted by molar-refractivity contribution is 7.91. The molecule has 0 spiro atoms. The van der Waals surface area contributed by atoms with Crippen LogP contribution in [0.25, 0.3) is 0 Å².